The molecule has 2 aromatic rings. The Morgan fingerprint density at radius 3 is 2.26 bits per heavy atom. The molecule has 168 valence electrons. The maximum Gasteiger partial charge on any atom is 0.416 e. The van der Waals surface area contributed by atoms with Crippen molar-refractivity contribution in [2.24, 2.45) is 0 Å². The van der Waals surface area contributed by atoms with Crippen molar-refractivity contribution >= 4 is 11.6 Å². The topological polar surface area (TPSA) is 47.6 Å². The van der Waals surface area contributed by atoms with E-state index < -0.39 is 11.7 Å². The summed E-state index contributed by atoms with van der Waals surface area (Å²) in [5.74, 6) is -0.282. The zero-order valence-corrected chi connectivity index (χ0v) is 17.7. The fraction of sp³-hybridized carbons (Fsp3) is 0.435. The number of alkyl halides is 3. The van der Waals surface area contributed by atoms with Crippen molar-refractivity contribution in [2.75, 3.05) is 44.6 Å². The summed E-state index contributed by atoms with van der Waals surface area (Å²) in [7, 11) is 0. The van der Waals surface area contributed by atoms with E-state index in [4.69, 9.17) is 0 Å². The summed E-state index contributed by atoms with van der Waals surface area (Å²) in [5.41, 5.74) is 1.73. The number of hydrogen-bond donors (Lipinski definition) is 2. The van der Waals surface area contributed by atoms with Crippen LogP contribution in [0.5, 0.6) is 0 Å². The second kappa shape index (κ2) is 10.6. The molecular formula is C23H29F3N4O. The number of likely N-dealkylation sites (N-methyl/N-ethyl adjacent to an activating group) is 1. The first kappa shape index (κ1) is 23.1. The smallest absolute Gasteiger partial charge is 0.376 e. The normalized spacial score (nSPS) is 15.6. The maximum atomic E-state index is 12.8. The molecule has 2 aromatic carbocycles. The van der Waals surface area contributed by atoms with E-state index in [-0.39, 0.29) is 18.1 Å². The monoisotopic (exact) mass is 434 g/mol. The van der Waals surface area contributed by atoms with Crippen LogP contribution in [0.2, 0.25) is 0 Å². The van der Waals surface area contributed by atoms with Crippen molar-refractivity contribution < 1.29 is 18.0 Å². The fourth-order valence-electron chi connectivity index (χ4n) is 3.54. The number of amides is 1. The third kappa shape index (κ3) is 7.25. The molecule has 0 atom stereocenters. The van der Waals surface area contributed by atoms with Crippen LogP contribution in [0, 0.1) is 0 Å². The Morgan fingerprint density at radius 2 is 1.61 bits per heavy atom. The lowest BCUT2D eigenvalue weighted by atomic mass is 10.1. The van der Waals surface area contributed by atoms with Crippen LogP contribution in [0.15, 0.2) is 48.5 Å². The van der Waals surface area contributed by atoms with E-state index in [0.29, 0.717) is 6.54 Å². The van der Waals surface area contributed by atoms with Gasteiger partial charge in [-0.25, -0.2) is 0 Å². The van der Waals surface area contributed by atoms with E-state index in [1.807, 2.05) is 12.1 Å². The molecule has 0 aliphatic carbocycles. The Bertz CT molecular complexity index is 847. The molecule has 0 unspecified atom stereocenters. The zero-order chi connectivity index (χ0) is 22.3. The quantitative estimate of drug-likeness (QED) is 0.667. The molecule has 0 radical (unpaired) electrons. The first-order chi connectivity index (χ1) is 14.8. The van der Waals surface area contributed by atoms with E-state index in [2.05, 4.69) is 39.5 Å². The number of rotatable bonds is 8. The van der Waals surface area contributed by atoms with Gasteiger partial charge in [0.2, 0.25) is 5.91 Å². The third-order valence-electron chi connectivity index (χ3n) is 5.47. The van der Waals surface area contributed by atoms with E-state index >= 15 is 0 Å². The first-order valence-corrected chi connectivity index (χ1v) is 10.5. The molecule has 1 aliphatic rings. The van der Waals surface area contributed by atoms with E-state index in [9.17, 15) is 18.0 Å². The summed E-state index contributed by atoms with van der Waals surface area (Å²) in [6.07, 6.45) is -4.41. The van der Waals surface area contributed by atoms with Gasteiger partial charge in [0.15, 0.2) is 0 Å². The van der Waals surface area contributed by atoms with Gasteiger partial charge in [-0.05, 0) is 35.9 Å². The van der Waals surface area contributed by atoms with Crippen LogP contribution in [-0.4, -0.2) is 55.0 Å². The predicted molar refractivity (Wildman–Crippen MR) is 116 cm³/mol. The number of piperazine rings is 1. The fourth-order valence-corrected chi connectivity index (χ4v) is 3.54. The van der Waals surface area contributed by atoms with Crippen molar-refractivity contribution in [1.82, 2.24) is 15.1 Å². The molecule has 0 saturated carbocycles. The van der Waals surface area contributed by atoms with Gasteiger partial charge in [-0.2, -0.15) is 13.2 Å². The van der Waals surface area contributed by atoms with Crippen LogP contribution in [0.4, 0.5) is 18.9 Å². The molecule has 31 heavy (non-hydrogen) atoms. The molecule has 2 N–H and O–H groups in total. The minimum absolute atomic E-state index is 0.0941. The molecule has 1 amide bonds. The van der Waals surface area contributed by atoms with Gasteiger partial charge in [-0.15, -0.1) is 0 Å². The average Bonchev–Trinajstić information content (AvgIpc) is 2.77. The van der Waals surface area contributed by atoms with Crippen LogP contribution in [0.25, 0.3) is 0 Å². The first-order valence-electron chi connectivity index (χ1n) is 10.5. The summed E-state index contributed by atoms with van der Waals surface area (Å²) in [5, 5.41) is 5.52. The average molecular weight is 435 g/mol. The number of nitrogens with zero attached hydrogens (tertiary/aromatic N) is 2. The number of nitrogens with one attached hydrogen (secondary N) is 2. The standard InChI is InChI=1S/C23H29F3N4O/c1-2-29-10-12-30(13-11-29)17-19-8-6-18(7-9-19)15-28-22(31)16-27-21-5-3-4-20(14-21)23(24,25)26/h3-9,14,27H,2,10-13,15-17H2,1H3,(H,28,31). The Hall–Kier alpha value is -2.58. The molecule has 1 heterocycles. The molecule has 0 aromatic heterocycles. The Kier molecular flexibility index (Phi) is 7.92. The Labute approximate surface area is 181 Å². The van der Waals surface area contributed by atoms with E-state index in [0.717, 1.165) is 57.0 Å². The van der Waals surface area contributed by atoms with Gasteiger partial charge in [0.25, 0.3) is 0 Å². The van der Waals surface area contributed by atoms with Crippen LogP contribution in [0.3, 0.4) is 0 Å². The molecule has 1 aliphatic heterocycles. The highest BCUT2D eigenvalue weighted by Crippen LogP contribution is 2.30. The second-order valence-corrected chi connectivity index (χ2v) is 7.74. The van der Waals surface area contributed by atoms with Gasteiger partial charge in [-0.1, -0.05) is 37.3 Å². The number of halogens is 3. The molecule has 3 rings (SSSR count). The highest BCUT2D eigenvalue weighted by Gasteiger charge is 2.30. The molecule has 8 heteroatoms. The van der Waals surface area contributed by atoms with Gasteiger partial charge in [0.1, 0.15) is 0 Å². The van der Waals surface area contributed by atoms with Crippen molar-refractivity contribution in [3.05, 3.63) is 65.2 Å². The van der Waals surface area contributed by atoms with Crippen LogP contribution in [-0.2, 0) is 24.1 Å². The van der Waals surface area contributed by atoms with Gasteiger partial charge < -0.3 is 15.5 Å². The number of hydrogen-bond acceptors (Lipinski definition) is 4. The van der Waals surface area contributed by atoms with Crippen LogP contribution >= 0.6 is 0 Å². The number of carbonyl (C=O) groups is 1. The van der Waals surface area contributed by atoms with Gasteiger partial charge in [0, 0.05) is 45.0 Å². The number of carbonyl (C=O) groups excluding carboxylic acids is 1. The highest BCUT2D eigenvalue weighted by atomic mass is 19.4. The van der Waals surface area contributed by atoms with Crippen molar-refractivity contribution in [3.8, 4) is 0 Å². The second-order valence-electron chi connectivity index (χ2n) is 7.74. The summed E-state index contributed by atoms with van der Waals surface area (Å²) in [4.78, 5) is 16.9. The summed E-state index contributed by atoms with van der Waals surface area (Å²) in [6, 6.07) is 13.0. The lowest BCUT2D eigenvalue weighted by molar-refractivity contribution is -0.137. The van der Waals surface area contributed by atoms with Gasteiger partial charge >= 0.3 is 6.18 Å². The Morgan fingerprint density at radius 1 is 0.968 bits per heavy atom. The Balaban J connectivity index is 1.40. The highest BCUT2D eigenvalue weighted by molar-refractivity contribution is 5.80. The number of benzene rings is 2. The lowest BCUT2D eigenvalue weighted by Crippen LogP contribution is -2.45. The zero-order valence-electron chi connectivity index (χ0n) is 17.7. The van der Waals surface area contributed by atoms with E-state index in [1.165, 1.54) is 17.7 Å². The SMILES string of the molecule is CCN1CCN(Cc2ccc(CNC(=O)CNc3cccc(C(F)(F)F)c3)cc2)CC1. The largest absolute Gasteiger partial charge is 0.416 e. The van der Waals surface area contributed by atoms with Crippen molar-refractivity contribution in [2.45, 2.75) is 26.2 Å². The van der Waals surface area contributed by atoms with Gasteiger partial charge in [0.05, 0.1) is 12.1 Å². The molecular weight excluding hydrogens is 405 g/mol. The van der Waals surface area contributed by atoms with Gasteiger partial charge in [-0.3, -0.25) is 9.69 Å². The molecule has 1 saturated heterocycles. The maximum absolute atomic E-state index is 12.8. The van der Waals surface area contributed by atoms with Crippen molar-refractivity contribution in [1.29, 1.82) is 0 Å². The number of anilines is 1. The summed E-state index contributed by atoms with van der Waals surface area (Å²) < 4.78 is 38.3. The third-order valence-corrected chi connectivity index (χ3v) is 5.47. The van der Waals surface area contributed by atoms with Crippen LogP contribution < -0.4 is 10.6 Å². The van der Waals surface area contributed by atoms with Crippen LogP contribution in [0.1, 0.15) is 23.6 Å². The molecule has 0 bridgehead atoms. The lowest BCUT2D eigenvalue weighted by Gasteiger charge is -2.34. The minimum Gasteiger partial charge on any atom is -0.376 e. The minimum atomic E-state index is -4.41. The van der Waals surface area contributed by atoms with Crippen molar-refractivity contribution in [3.63, 3.8) is 0 Å². The summed E-state index contributed by atoms with van der Waals surface area (Å²) >= 11 is 0. The molecule has 0 spiro atoms. The molecule has 1 fully saturated rings. The predicted octanol–water partition coefficient (Wildman–Crippen LogP) is 3.57. The van der Waals surface area contributed by atoms with E-state index in [1.54, 1.807) is 0 Å². The molecule has 5 nitrogen and oxygen atoms in total. The summed E-state index contributed by atoms with van der Waals surface area (Å²) in [6.45, 7) is 8.85.